The van der Waals surface area contributed by atoms with Gasteiger partial charge in [0.05, 0.1) is 6.61 Å². The minimum absolute atomic E-state index is 0. The molecule has 1 atom stereocenters. The van der Waals surface area contributed by atoms with Gasteiger partial charge in [-0.2, -0.15) is 0 Å². The van der Waals surface area contributed by atoms with Crippen molar-refractivity contribution in [3.63, 3.8) is 0 Å². The number of carbonyl (C=O) groups excluding carboxylic acids is 1. The summed E-state index contributed by atoms with van der Waals surface area (Å²) in [7, 11) is -4.80. The van der Waals surface area contributed by atoms with Gasteiger partial charge in [0, 0.05) is 0 Å². The summed E-state index contributed by atoms with van der Waals surface area (Å²) < 4.78 is 14.0. The molecule has 5 nitrogen and oxygen atoms in total. The first-order valence-electron chi connectivity index (χ1n) is 2.28. The summed E-state index contributed by atoms with van der Waals surface area (Å²) >= 11 is 0. The van der Waals surface area contributed by atoms with E-state index in [0.717, 1.165) is 6.08 Å². The Labute approximate surface area is 114 Å². The molecule has 0 aliphatic heterocycles. The molecular formula is C4H5Na2O5P. The molecule has 0 N–H and O–H groups in total. The van der Waals surface area contributed by atoms with E-state index in [4.69, 9.17) is 0 Å². The minimum Gasteiger partial charge on any atom is -0.774 e. The average molecular weight is 210 g/mol. The van der Waals surface area contributed by atoms with Crippen LogP contribution in [0.5, 0.6) is 0 Å². The molecule has 0 amide bonds. The molecule has 1 unspecified atom stereocenters. The number of carbonyl (C=O) groups is 1. The second-order valence-electron chi connectivity index (χ2n) is 1.35. The van der Waals surface area contributed by atoms with Crippen LogP contribution in [0.3, 0.4) is 0 Å². The first-order chi connectivity index (χ1) is 4.50. The Morgan fingerprint density at radius 2 is 2.00 bits per heavy atom. The number of hydrogen-bond acceptors (Lipinski definition) is 5. The van der Waals surface area contributed by atoms with Crippen molar-refractivity contribution in [3.8, 4) is 0 Å². The summed E-state index contributed by atoms with van der Waals surface area (Å²) in [4.78, 5) is 19.9. The van der Waals surface area contributed by atoms with E-state index in [-0.39, 0.29) is 65.7 Å². The molecule has 0 saturated heterocycles. The van der Waals surface area contributed by atoms with Crippen molar-refractivity contribution < 1.29 is 83.0 Å². The van der Waals surface area contributed by atoms with E-state index < -0.39 is 13.3 Å². The summed E-state index contributed by atoms with van der Waals surface area (Å²) in [6.45, 7) is 2.77. The molecule has 0 aromatic rings. The van der Waals surface area contributed by atoms with Crippen LogP contribution >= 0.6 is 7.60 Å². The Balaban J connectivity index is -0.000000405. The number of hydrogen-bond donors (Lipinski definition) is 0. The van der Waals surface area contributed by atoms with Gasteiger partial charge in [0.2, 0.25) is 0 Å². The Hall–Kier alpha value is 1.36. The average Bonchev–Trinajstić information content (AvgIpc) is 1.84. The molecule has 0 aliphatic rings. The molecule has 0 bridgehead atoms. The fraction of sp³-hybridized carbons (Fsp3) is 0.250. The third-order valence-electron chi connectivity index (χ3n) is 0.586. The molecule has 12 heavy (non-hydrogen) atoms. The van der Waals surface area contributed by atoms with Crippen LogP contribution < -0.4 is 69.1 Å². The quantitative estimate of drug-likeness (QED) is 0.261. The van der Waals surface area contributed by atoms with Crippen molar-refractivity contribution in [3.05, 3.63) is 12.7 Å². The summed E-state index contributed by atoms with van der Waals surface area (Å²) in [6, 6.07) is 0. The van der Waals surface area contributed by atoms with Crippen LogP contribution in [0, 0.1) is 0 Å². The summed E-state index contributed by atoms with van der Waals surface area (Å²) in [5, 5.41) is 9.68. The van der Waals surface area contributed by atoms with Gasteiger partial charge in [0.1, 0.15) is 5.71 Å². The molecule has 8 heteroatoms. The third kappa shape index (κ3) is 7.98. The van der Waals surface area contributed by atoms with Gasteiger partial charge < -0.3 is 23.9 Å². The molecule has 0 spiro atoms. The van der Waals surface area contributed by atoms with Crippen LogP contribution in [0.1, 0.15) is 0 Å². The molecule has 0 rings (SSSR count). The van der Waals surface area contributed by atoms with E-state index in [9.17, 15) is 19.4 Å². The van der Waals surface area contributed by atoms with Crippen molar-refractivity contribution in [2.45, 2.75) is 0 Å². The van der Waals surface area contributed by atoms with Crippen LogP contribution in [-0.2, 0) is 9.09 Å². The number of rotatable bonds is 4. The molecule has 0 saturated carbocycles. The van der Waals surface area contributed by atoms with Crippen molar-refractivity contribution in [1.29, 1.82) is 0 Å². The third-order valence-corrected chi connectivity index (χ3v) is 1.52. The Bertz CT molecular complexity index is 194. The standard InChI is InChI=1S/C4H7O5P.2Na/c1-2-3-9-10(7,8)4(5)6;;/h2H,1,3H2,(H,5,6)(H,7,8);;/q;2*+1/p-2. The zero-order valence-electron chi connectivity index (χ0n) is 6.98. The van der Waals surface area contributed by atoms with Crippen LogP contribution in [0.4, 0.5) is 4.79 Å². The van der Waals surface area contributed by atoms with Crippen molar-refractivity contribution in [2.75, 3.05) is 6.61 Å². The SMILES string of the molecule is C=CCOP(=O)([O-])C(=O)[O-].[Na+].[Na+]. The monoisotopic (exact) mass is 210 g/mol. The normalized spacial score (nSPS) is 13.1. The van der Waals surface area contributed by atoms with Gasteiger partial charge in [-0.1, -0.05) is 6.08 Å². The second kappa shape index (κ2) is 8.94. The Kier molecular flexibility index (Phi) is 14.2. The molecule has 0 aliphatic carbocycles. The van der Waals surface area contributed by atoms with Crippen LogP contribution in [0.25, 0.3) is 0 Å². The molecule has 0 aromatic carbocycles. The van der Waals surface area contributed by atoms with Crippen LogP contribution in [0.15, 0.2) is 12.7 Å². The summed E-state index contributed by atoms with van der Waals surface area (Å²) in [6.07, 6.45) is 1.12. The maximum absolute atomic E-state index is 10.2. The predicted molar refractivity (Wildman–Crippen MR) is 29.2 cm³/mol. The first-order valence-corrected chi connectivity index (χ1v) is 3.83. The first kappa shape index (κ1) is 19.0. The van der Waals surface area contributed by atoms with Crippen LogP contribution in [0.2, 0.25) is 0 Å². The van der Waals surface area contributed by atoms with E-state index in [1.165, 1.54) is 0 Å². The molecule has 0 aromatic heterocycles. The molecular weight excluding hydrogens is 205 g/mol. The van der Waals surface area contributed by atoms with Crippen molar-refractivity contribution >= 4 is 13.3 Å². The second-order valence-corrected chi connectivity index (χ2v) is 2.97. The van der Waals surface area contributed by atoms with Gasteiger partial charge in [-0.25, -0.2) is 0 Å². The van der Waals surface area contributed by atoms with Gasteiger partial charge in [-0.05, 0) is 0 Å². The van der Waals surface area contributed by atoms with Gasteiger partial charge in [-0.3, -0.25) is 0 Å². The fourth-order valence-corrected chi connectivity index (χ4v) is 0.611. The fourth-order valence-electron chi connectivity index (χ4n) is 0.204. The minimum atomic E-state index is -4.80. The largest absolute Gasteiger partial charge is 1.00 e. The molecule has 0 radical (unpaired) electrons. The van der Waals surface area contributed by atoms with E-state index in [0.29, 0.717) is 0 Å². The van der Waals surface area contributed by atoms with Gasteiger partial charge in [-0.15, -0.1) is 6.58 Å². The summed E-state index contributed by atoms with van der Waals surface area (Å²) in [5.74, 6) is 0. The Morgan fingerprint density at radius 1 is 1.58 bits per heavy atom. The Morgan fingerprint density at radius 3 is 2.25 bits per heavy atom. The van der Waals surface area contributed by atoms with E-state index in [2.05, 4.69) is 11.1 Å². The van der Waals surface area contributed by atoms with Crippen molar-refractivity contribution in [1.82, 2.24) is 0 Å². The van der Waals surface area contributed by atoms with Crippen LogP contribution in [-0.4, -0.2) is 12.3 Å². The molecule has 58 valence electrons. The van der Waals surface area contributed by atoms with Crippen molar-refractivity contribution in [2.24, 2.45) is 0 Å². The van der Waals surface area contributed by atoms with Gasteiger partial charge in [0.15, 0.2) is 7.60 Å². The maximum Gasteiger partial charge on any atom is 1.00 e. The predicted octanol–water partition coefficient (Wildman–Crippen LogP) is -6.91. The maximum atomic E-state index is 10.2. The van der Waals surface area contributed by atoms with E-state index in [1.807, 2.05) is 0 Å². The summed E-state index contributed by atoms with van der Waals surface area (Å²) in [5.41, 5.74) is -2.21. The zero-order valence-corrected chi connectivity index (χ0v) is 11.9. The topological polar surface area (TPSA) is 89.5 Å². The zero-order chi connectivity index (χ0) is 8.20. The number of carboxylic acid groups (broad SMARTS) is 1. The molecule has 0 heterocycles. The smallest absolute Gasteiger partial charge is 0.774 e. The van der Waals surface area contributed by atoms with Gasteiger partial charge in [0.25, 0.3) is 0 Å². The van der Waals surface area contributed by atoms with Gasteiger partial charge >= 0.3 is 59.1 Å². The van der Waals surface area contributed by atoms with E-state index in [1.54, 1.807) is 0 Å². The molecule has 0 fully saturated rings. The van der Waals surface area contributed by atoms with E-state index >= 15 is 0 Å².